The zero-order valence-electron chi connectivity index (χ0n) is 10.3. The Morgan fingerprint density at radius 3 is 2.84 bits per heavy atom. The first kappa shape index (κ1) is 12.2. The maximum absolute atomic E-state index is 6.23. The molecule has 0 fully saturated rings. The molecule has 2 aromatic heterocycles. The molecule has 0 aliphatic rings. The molecular weight excluding hydrogens is 284 g/mol. The maximum atomic E-state index is 6.23. The van der Waals surface area contributed by atoms with Crippen LogP contribution in [0.5, 0.6) is 0 Å². The van der Waals surface area contributed by atoms with Gasteiger partial charge in [0.05, 0.1) is 33.8 Å². The number of benzene rings is 1. The third-order valence-corrected chi connectivity index (χ3v) is 3.75. The topological polar surface area (TPSA) is 81.7 Å². The number of fused-ring (bicyclic) bond motifs is 1. The largest absolute Gasteiger partial charge is 0.394 e. The number of rotatable bonds is 2. The molecule has 3 aromatic rings. The normalized spacial score (nSPS) is 11.1. The van der Waals surface area contributed by atoms with Crippen LogP contribution in [-0.4, -0.2) is 18.5 Å². The second kappa shape index (κ2) is 4.36. The number of nitrogens with zero attached hydrogens (tertiary/aromatic N) is 4. The molecule has 0 unspecified atom stereocenters. The molecule has 2 heterocycles. The van der Waals surface area contributed by atoms with E-state index in [1.807, 2.05) is 20.0 Å². The molecule has 0 atom stereocenters. The lowest BCUT2D eigenvalue weighted by molar-refractivity contribution is 0.765. The molecule has 3 rings (SSSR count). The summed E-state index contributed by atoms with van der Waals surface area (Å²) in [5.74, 6) is 0.694. The van der Waals surface area contributed by atoms with Crippen LogP contribution in [0.15, 0.2) is 12.1 Å². The molecule has 98 valence electrons. The van der Waals surface area contributed by atoms with Gasteiger partial charge in [0.2, 0.25) is 0 Å². The van der Waals surface area contributed by atoms with Crippen LogP contribution < -0.4 is 11.1 Å². The number of aryl methyl sites for hydroxylation is 2. The highest BCUT2D eigenvalue weighted by molar-refractivity contribution is 7.00. The fourth-order valence-electron chi connectivity index (χ4n) is 1.89. The molecule has 19 heavy (non-hydrogen) atoms. The van der Waals surface area contributed by atoms with Crippen molar-refractivity contribution < 1.29 is 0 Å². The summed E-state index contributed by atoms with van der Waals surface area (Å²) in [7, 11) is 1.82. The van der Waals surface area contributed by atoms with Gasteiger partial charge in [-0.1, -0.05) is 11.6 Å². The van der Waals surface area contributed by atoms with E-state index in [9.17, 15) is 0 Å². The van der Waals surface area contributed by atoms with Crippen molar-refractivity contribution in [2.75, 3.05) is 11.1 Å². The number of halogens is 1. The Balaban J connectivity index is 2.15. The Labute approximate surface area is 118 Å². The summed E-state index contributed by atoms with van der Waals surface area (Å²) in [5.41, 5.74) is 9.59. The van der Waals surface area contributed by atoms with E-state index in [1.54, 1.807) is 10.7 Å². The van der Waals surface area contributed by atoms with E-state index >= 15 is 0 Å². The van der Waals surface area contributed by atoms with Crippen molar-refractivity contribution in [1.29, 1.82) is 0 Å². The van der Waals surface area contributed by atoms with E-state index in [1.165, 1.54) is 0 Å². The minimum atomic E-state index is 0.568. The molecule has 8 heteroatoms. The van der Waals surface area contributed by atoms with E-state index in [4.69, 9.17) is 17.3 Å². The Hall–Kier alpha value is -1.86. The predicted molar refractivity (Wildman–Crippen MR) is 78.1 cm³/mol. The zero-order valence-corrected chi connectivity index (χ0v) is 11.9. The summed E-state index contributed by atoms with van der Waals surface area (Å²) in [6.45, 7) is 1.85. The number of aromatic nitrogens is 4. The van der Waals surface area contributed by atoms with Gasteiger partial charge in [0.1, 0.15) is 11.0 Å². The van der Waals surface area contributed by atoms with Crippen LogP contribution in [-0.2, 0) is 7.05 Å². The lowest BCUT2D eigenvalue weighted by atomic mass is 10.2. The van der Waals surface area contributed by atoms with Crippen LogP contribution >= 0.6 is 23.3 Å². The molecule has 0 spiro atoms. The average Bonchev–Trinajstić information content (AvgIpc) is 2.92. The number of hydrogen-bond acceptors (Lipinski definition) is 6. The van der Waals surface area contributed by atoms with Crippen molar-refractivity contribution in [3.63, 3.8) is 0 Å². The second-order valence-electron chi connectivity index (χ2n) is 4.15. The molecule has 6 nitrogen and oxygen atoms in total. The molecule has 0 saturated carbocycles. The van der Waals surface area contributed by atoms with Gasteiger partial charge in [-0.05, 0) is 19.1 Å². The monoisotopic (exact) mass is 294 g/mol. The smallest absolute Gasteiger partial charge is 0.152 e. The number of hydrogen-bond donors (Lipinski definition) is 2. The highest BCUT2D eigenvalue weighted by atomic mass is 35.5. The quantitative estimate of drug-likeness (QED) is 0.759. The molecule has 1 aromatic carbocycles. The van der Waals surface area contributed by atoms with Crippen LogP contribution in [0.3, 0.4) is 0 Å². The lowest BCUT2D eigenvalue weighted by Gasteiger charge is -2.09. The number of anilines is 3. The van der Waals surface area contributed by atoms with Crippen molar-refractivity contribution in [1.82, 2.24) is 18.5 Å². The van der Waals surface area contributed by atoms with Crippen LogP contribution in [0.25, 0.3) is 11.0 Å². The molecule has 0 aliphatic heterocycles. The minimum absolute atomic E-state index is 0.568. The van der Waals surface area contributed by atoms with Gasteiger partial charge in [0, 0.05) is 7.05 Å². The van der Waals surface area contributed by atoms with Crippen molar-refractivity contribution in [2.24, 2.45) is 7.05 Å². The summed E-state index contributed by atoms with van der Waals surface area (Å²) in [4.78, 5) is 0. The highest BCUT2D eigenvalue weighted by Gasteiger charge is 2.15. The van der Waals surface area contributed by atoms with Crippen molar-refractivity contribution in [3.8, 4) is 0 Å². The predicted octanol–water partition coefficient (Wildman–Crippen LogP) is 2.71. The third kappa shape index (κ3) is 1.91. The first-order chi connectivity index (χ1) is 9.08. The standard InChI is InChI=1S/C11H11ClN6S/c1-5-8(13)11(18(2)15-5)14-9-6(12)3-4-7-10(9)17-19-16-7/h3-4,14H,13H2,1-2H3. The van der Waals surface area contributed by atoms with Crippen molar-refractivity contribution in [2.45, 2.75) is 6.92 Å². The number of nitrogen functional groups attached to an aromatic ring is 1. The van der Waals surface area contributed by atoms with Gasteiger partial charge in [-0.3, -0.25) is 4.68 Å². The summed E-state index contributed by atoms with van der Waals surface area (Å²) in [6, 6.07) is 3.62. The zero-order chi connectivity index (χ0) is 13.6. The maximum Gasteiger partial charge on any atom is 0.152 e. The molecular formula is C11H11ClN6S. The summed E-state index contributed by atoms with van der Waals surface area (Å²) in [5, 5.41) is 8.03. The van der Waals surface area contributed by atoms with Gasteiger partial charge in [0.15, 0.2) is 5.82 Å². The van der Waals surface area contributed by atoms with E-state index in [0.717, 1.165) is 28.5 Å². The van der Waals surface area contributed by atoms with Crippen molar-refractivity contribution in [3.05, 3.63) is 22.8 Å². The number of nitrogens with two attached hydrogens (primary N) is 1. The van der Waals surface area contributed by atoms with Crippen LogP contribution in [0, 0.1) is 6.92 Å². The van der Waals surface area contributed by atoms with Crippen LogP contribution in [0.4, 0.5) is 17.2 Å². The summed E-state index contributed by atoms with van der Waals surface area (Å²) in [6.07, 6.45) is 0. The van der Waals surface area contributed by atoms with Gasteiger partial charge >= 0.3 is 0 Å². The first-order valence-electron chi connectivity index (χ1n) is 5.55. The summed E-state index contributed by atoms with van der Waals surface area (Å²) >= 11 is 7.37. The van der Waals surface area contributed by atoms with Crippen LogP contribution in [0.2, 0.25) is 5.02 Å². The molecule has 0 bridgehead atoms. The van der Waals surface area contributed by atoms with E-state index < -0.39 is 0 Å². The molecule has 0 radical (unpaired) electrons. The molecule has 3 N–H and O–H groups in total. The molecule has 0 aliphatic carbocycles. The van der Waals surface area contributed by atoms with Gasteiger partial charge in [-0.15, -0.1) is 0 Å². The lowest BCUT2D eigenvalue weighted by Crippen LogP contribution is -2.02. The Morgan fingerprint density at radius 2 is 2.16 bits per heavy atom. The summed E-state index contributed by atoms with van der Waals surface area (Å²) < 4.78 is 10.1. The van der Waals surface area contributed by atoms with E-state index in [0.29, 0.717) is 22.2 Å². The Morgan fingerprint density at radius 1 is 1.37 bits per heavy atom. The van der Waals surface area contributed by atoms with E-state index in [2.05, 4.69) is 19.2 Å². The first-order valence-corrected chi connectivity index (χ1v) is 6.65. The highest BCUT2D eigenvalue weighted by Crippen LogP contribution is 2.34. The van der Waals surface area contributed by atoms with Gasteiger partial charge in [-0.2, -0.15) is 13.8 Å². The van der Waals surface area contributed by atoms with Gasteiger partial charge in [-0.25, -0.2) is 0 Å². The Kier molecular flexibility index (Phi) is 2.79. The Bertz CT molecular complexity index is 762. The average molecular weight is 295 g/mol. The van der Waals surface area contributed by atoms with E-state index in [-0.39, 0.29) is 0 Å². The fourth-order valence-corrected chi connectivity index (χ4v) is 2.63. The second-order valence-corrected chi connectivity index (χ2v) is 5.09. The van der Waals surface area contributed by atoms with Crippen LogP contribution in [0.1, 0.15) is 5.69 Å². The molecule has 0 saturated heterocycles. The van der Waals surface area contributed by atoms with Gasteiger partial charge in [0.25, 0.3) is 0 Å². The minimum Gasteiger partial charge on any atom is -0.394 e. The number of nitrogens with one attached hydrogen (secondary N) is 1. The third-order valence-electron chi connectivity index (χ3n) is 2.89. The van der Waals surface area contributed by atoms with Crippen molar-refractivity contribution >= 4 is 51.6 Å². The van der Waals surface area contributed by atoms with Gasteiger partial charge < -0.3 is 11.1 Å². The fraction of sp³-hybridized carbons (Fsp3) is 0.182. The molecule has 0 amide bonds. The SMILES string of the molecule is Cc1nn(C)c(Nc2c(Cl)ccc3nsnc23)c1N.